The van der Waals surface area contributed by atoms with Crippen LogP contribution in [0.3, 0.4) is 0 Å². The molecule has 0 aliphatic carbocycles. The fraction of sp³-hybridized carbons (Fsp3) is 0.250. The van der Waals surface area contributed by atoms with E-state index in [1.54, 1.807) is 10.9 Å². The Kier molecular flexibility index (Phi) is 3.00. The molecule has 4 aromatic heterocycles. The zero-order valence-corrected chi connectivity index (χ0v) is 13.3. The molecular formula is C16H17N7. The fourth-order valence-electron chi connectivity index (χ4n) is 2.73. The highest BCUT2D eigenvalue weighted by atomic mass is 15.3. The van der Waals surface area contributed by atoms with E-state index in [0.29, 0.717) is 0 Å². The van der Waals surface area contributed by atoms with Crippen LogP contribution >= 0.6 is 0 Å². The molecule has 0 spiro atoms. The van der Waals surface area contributed by atoms with Gasteiger partial charge in [0.05, 0.1) is 17.0 Å². The lowest BCUT2D eigenvalue weighted by atomic mass is 10.2. The van der Waals surface area contributed by atoms with Crippen molar-refractivity contribution >= 4 is 11.2 Å². The monoisotopic (exact) mass is 307 g/mol. The van der Waals surface area contributed by atoms with Gasteiger partial charge >= 0.3 is 0 Å². The molecule has 23 heavy (non-hydrogen) atoms. The third kappa shape index (κ3) is 2.12. The standard InChI is InChI=1S/C16H17N7/c1-4-23-9-11(10(2)20-23)15-18-14-13(12-7-5-6-8-17-12)21-22(3)16(14)19-15/h5-9H,4H2,1-3H3,(H,18,19). The highest BCUT2D eigenvalue weighted by Crippen LogP contribution is 2.28. The van der Waals surface area contributed by atoms with Gasteiger partial charge in [-0.05, 0) is 26.0 Å². The van der Waals surface area contributed by atoms with Gasteiger partial charge in [0.2, 0.25) is 0 Å². The van der Waals surface area contributed by atoms with Gasteiger partial charge in [-0.15, -0.1) is 0 Å². The van der Waals surface area contributed by atoms with Crippen molar-refractivity contribution in [1.29, 1.82) is 0 Å². The number of aromatic nitrogens is 7. The maximum atomic E-state index is 4.70. The summed E-state index contributed by atoms with van der Waals surface area (Å²) in [6.45, 7) is 4.90. The molecular weight excluding hydrogens is 290 g/mol. The molecule has 4 heterocycles. The Bertz CT molecular complexity index is 975. The molecule has 0 atom stereocenters. The summed E-state index contributed by atoms with van der Waals surface area (Å²) in [5, 5.41) is 9.02. The predicted molar refractivity (Wildman–Crippen MR) is 87.7 cm³/mol. The number of pyridine rings is 1. The Morgan fingerprint density at radius 3 is 2.78 bits per heavy atom. The van der Waals surface area contributed by atoms with Gasteiger partial charge < -0.3 is 4.98 Å². The molecule has 0 aromatic carbocycles. The Morgan fingerprint density at radius 1 is 1.22 bits per heavy atom. The second-order valence-electron chi connectivity index (χ2n) is 5.46. The Labute approximate surface area is 133 Å². The summed E-state index contributed by atoms with van der Waals surface area (Å²) in [5.41, 5.74) is 5.30. The van der Waals surface area contributed by atoms with E-state index in [4.69, 9.17) is 4.98 Å². The first-order chi connectivity index (χ1) is 11.2. The average Bonchev–Trinajstić information content (AvgIpc) is 3.23. The van der Waals surface area contributed by atoms with Crippen LogP contribution in [0.2, 0.25) is 0 Å². The van der Waals surface area contributed by atoms with Gasteiger partial charge in [-0.1, -0.05) is 6.07 Å². The van der Waals surface area contributed by atoms with Crippen LogP contribution in [-0.2, 0) is 13.6 Å². The minimum Gasteiger partial charge on any atom is -0.335 e. The molecule has 1 N–H and O–H groups in total. The molecule has 7 nitrogen and oxygen atoms in total. The zero-order chi connectivity index (χ0) is 16.0. The molecule has 0 fully saturated rings. The van der Waals surface area contributed by atoms with E-state index in [2.05, 4.69) is 27.1 Å². The zero-order valence-electron chi connectivity index (χ0n) is 13.3. The minimum atomic E-state index is 0.808. The largest absolute Gasteiger partial charge is 0.335 e. The molecule has 0 radical (unpaired) electrons. The summed E-state index contributed by atoms with van der Waals surface area (Å²) >= 11 is 0. The maximum absolute atomic E-state index is 4.70. The summed E-state index contributed by atoms with van der Waals surface area (Å²) in [5.74, 6) is 0.808. The fourth-order valence-corrected chi connectivity index (χ4v) is 2.73. The van der Waals surface area contributed by atoms with Crippen LogP contribution in [0.1, 0.15) is 12.6 Å². The number of H-pyrrole nitrogens is 1. The summed E-state index contributed by atoms with van der Waals surface area (Å²) in [7, 11) is 1.89. The number of nitrogens with one attached hydrogen (secondary N) is 1. The SMILES string of the molecule is CCn1cc(-c2nc3c([nH]2)c(-c2ccccn2)nn3C)c(C)n1. The van der Waals surface area contributed by atoms with E-state index in [-0.39, 0.29) is 0 Å². The van der Waals surface area contributed by atoms with Gasteiger partial charge in [-0.2, -0.15) is 10.2 Å². The van der Waals surface area contributed by atoms with E-state index in [9.17, 15) is 0 Å². The van der Waals surface area contributed by atoms with Gasteiger partial charge in [0.15, 0.2) is 5.65 Å². The van der Waals surface area contributed by atoms with Gasteiger partial charge in [0, 0.05) is 26.0 Å². The van der Waals surface area contributed by atoms with Gasteiger partial charge in [-0.3, -0.25) is 9.67 Å². The van der Waals surface area contributed by atoms with Crippen molar-refractivity contribution in [2.75, 3.05) is 0 Å². The summed E-state index contributed by atoms with van der Waals surface area (Å²) < 4.78 is 3.69. The van der Waals surface area contributed by atoms with Crippen LogP contribution in [0.5, 0.6) is 0 Å². The Morgan fingerprint density at radius 2 is 2.09 bits per heavy atom. The lowest BCUT2D eigenvalue weighted by molar-refractivity contribution is 0.653. The number of hydrogen-bond donors (Lipinski definition) is 1. The second-order valence-corrected chi connectivity index (χ2v) is 5.46. The van der Waals surface area contributed by atoms with Crippen LogP contribution < -0.4 is 0 Å². The van der Waals surface area contributed by atoms with Crippen LogP contribution in [-0.4, -0.2) is 34.5 Å². The molecule has 0 saturated carbocycles. The van der Waals surface area contributed by atoms with Crippen LogP contribution in [0, 0.1) is 6.92 Å². The molecule has 4 rings (SSSR count). The third-order valence-electron chi connectivity index (χ3n) is 3.91. The number of nitrogens with zero attached hydrogens (tertiary/aromatic N) is 6. The predicted octanol–water partition coefficient (Wildman–Crippen LogP) is 2.55. The van der Waals surface area contributed by atoms with Crippen molar-refractivity contribution in [2.45, 2.75) is 20.4 Å². The summed E-state index contributed by atoms with van der Waals surface area (Å²) in [6.07, 6.45) is 3.78. The molecule has 0 aliphatic heterocycles. The van der Waals surface area contributed by atoms with Gasteiger partial charge in [0.25, 0.3) is 0 Å². The molecule has 0 unspecified atom stereocenters. The lowest BCUT2D eigenvalue weighted by Gasteiger charge is -1.96. The van der Waals surface area contributed by atoms with E-state index < -0.39 is 0 Å². The van der Waals surface area contributed by atoms with E-state index >= 15 is 0 Å². The van der Waals surface area contributed by atoms with Crippen molar-refractivity contribution in [2.24, 2.45) is 7.05 Å². The van der Waals surface area contributed by atoms with E-state index in [0.717, 1.165) is 46.2 Å². The maximum Gasteiger partial charge on any atom is 0.177 e. The van der Waals surface area contributed by atoms with Crippen LogP contribution in [0.25, 0.3) is 33.9 Å². The molecule has 0 aliphatic rings. The van der Waals surface area contributed by atoms with Crippen molar-refractivity contribution in [3.05, 3.63) is 36.3 Å². The Hall–Kier alpha value is -2.96. The summed E-state index contributed by atoms with van der Waals surface area (Å²) in [4.78, 5) is 12.5. The first-order valence-electron chi connectivity index (χ1n) is 7.56. The average molecular weight is 307 g/mol. The molecule has 4 aromatic rings. The number of aromatic amines is 1. The quantitative estimate of drug-likeness (QED) is 0.631. The van der Waals surface area contributed by atoms with E-state index in [1.807, 2.05) is 43.0 Å². The normalized spacial score (nSPS) is 11.4. The number of rotatable bonds is 3. The highest BCUT2D eigenvalue weighted by molar-refractivity contribution is 5.89. The number of imidazole rings is 1. The first kappa shape index (κ1) is 13.7. The van der Waals surface area contributed by atoms with Crippen molar-refractivity contribution < 1.29 is 0 Å². The topological polar surface area (TPSA) is 77.2 Å². The number of aryl methyl sites for hydroxylation is 3. The van der Waals surface area contributed by atoms with Crippen molar-refractivity contribution in [1.82, 2.24) is 34.5 Å². The van der Waals surface area contributed by atoms with Gasteiger partial charge in [0.1, 0.15) is 17.0 Å². The van der Waals surface area contributed by atoms with E-state index in [1.165, 1.54) is 0 Å². The Balaban J connectivity index is 1.90. The molecule has 116 valence electrons. The van der Waals surface area contributed by atoms with Crippen molar-refractivity contribution in [3.63, 3.8) is 0 Å². The van der Waals surface area contributed by atoms with Crippen molar-refractivity contribution in [3.8, 4) is 22.8 Å². The summed E-state index contributed by atoms with van der Waals surface area (Å²) in [6, 6.07) is 5.79. The molecule has 7 heteroatoms. The lowest BCUT2D eigenvalue weighted by Crippen LogP contribution is -1.93. The highest BCUT2D eigenvalue weighted by Gasteiger charge is 2.18. The molecule has 0 saturated heterocycles. The minimum absolute atomic E-state index is 0.808. The van der Waals surface area contributed by atoms with Crippen LogP contribution in [0.4, 0.5) is 0 Å². The molecule has 0 bridgehead atoms. The number of hydrogen-bond acceptors (Lipinski definition) is 4. The molecule has 0 amide bonds. The second kappa shape index (κ2) is 5.05. The smallest absolute Gasteiger partial charge is 0.177 e. The number of fused-ring (bicyclic) bond motifs is 1. The third-order valence-corrected chi connectivity index (χ3v) is 3.91. The first-order valence-corrected chi connectivity index (χ1v) is 7.56. The van der Waals surface area contributed by atoms with Crippen LogP contribution in [0.15, 0.2) is 30.6 Å². The van der Waals surface area contributed by atoms with Gasteiger partial charge in [-0.25, -0.2) is 9.67 Å².